The fourth-order valence-corrected chi connectivity index (χ4v) is 3.19. The summed E-state index contributed by atoms with van der Waals surface area (Å²) in [6, 6.07) is 7.98. The first-order valence-corrected chi connectivity index (χ1v) is 8.63. The molecule has 0 spiro atoms. The van der Waals surface area contributed by atoms with E-state index in [0.29, 0.717) is 12.0 Å². The molecule has 3 nitrogen and oxygen atoms in total. The number of rotatable bonds is 6. The van der Waals surface area contributed by atoms with E-state index in [2.05, 4.69) is 40.0 Å². The zero-order chi connectivity index (χ0) is 15.2. The van der Waals surface area contributed by atoms with Gasteiger partial charge in [-0.05, 0) is 62.5 Å². The molecule has 0 aliphatic carbocycles. The maximum atomic E-state index is 12.2. The molecule has 0 saturated carbocycles. The smallest absolute Gasteiger partial charge is 0.251 e. The highest BCUT2D eigenvalue weighted by atomic mass is 79.9. The van der Waals surface area contributed by atoms with Gasteiger partial charge in [0.05, 0.1) is 0 Å². The van der Waals surface area contributed by atoms with Crippen molar-refractivity contribution in [2.45, 2.75) is 39.2 Å². The normalized spacial score (nSPS) is 17.1. The first kappa shape index (κ1) is 16.5. The second kappa shape index (κ2) is 7.95. The molecule has 1 saturated heterocycles. The van der Waals surface area contributed by atoms with Crippen LogP contribution in [0.15, 0.2) is 28.7 Å². The van der Waals surface area contributed by atoms with Crippen LogP contribution in [0.1, 0.15) is 43.5 Å². The first-order valence-electron chi connectivity index (χ1n) is 7.84. The van der Waals surface area contributed by atoms with Gasteiger partial charge in [0.25, 0.3) is 5.91 Å². The maximum absolute atomic E-state index is 12.2. The van der Waals surface area contributed by atoms with Crippen molar-refractivity contribution in [1.82, 2.24) is 10.2 Å². The molecule has 1 atom stereocenters. The SMILES string of the molecule is CC(C)CC(CNC(=O)c1ccc(Br)cc1)N1CCCC1. The summed E-state index contributed by atoms with van der Waals surface area (Å²) in [5, 5.41) is 3.10. The number of halogens is 1. The Morgan fingerprint density at radius 1 is 1.24 bits per heavy atom. The standard InChI is InChI=1S/C17H25BrN2O/c1-13(2)11-16(20-9-3-4-10-20)12-19-17(21)14-5-7-15(18)8-6-14/h5-8,13,16H,3-4,9-12H2,1-2H3,(H,19,21). The third-order valence-electron chi connectivity index (χ3n) is 4.01. The Kier molecular flexibility index (Phi) is 6.24. The van der Waals surface area contributed by atoms with Crippen LogP contribution < -0.4 is 5.32 Å². The summed E-state index contributed by atoms with van der Waals surface area (Å²) in [6.45, 7) is 7.59. The van der Waals surface area contributed by atoms with Gasteiger partial charge in [-0.15, -0.1) is 0 Å². The quantitative estimate of drug-likeness (QED) is 0.846. The van der Waals surface area contributed by atoms with E-state index in [0.717, 1.165) is 23.0 Å². The van der Waals surface area contributed by atoms with E-state index in [1.165, 1.54) is 25.9 Å². The minimum atomic E-state index is 0.0236. The first-order chi connectivity index (χ1) is 10.1. The summed E-state index contributed by atoms with van der Waals surface area (Å²) in [4.78, 5) is 14.7. The number of nitrogens with one attached hydrogen (secondary N) is 1. The van der Waals surface area contributed by atoms with Crippen LogP contribution in [0.25, 0.3) is 0 Å². The second-order valence-electron chi connectivity index (χ2n) is 6.24. The zero-order valence-electron chi connectivity index (χ0n) is 12.9. The van der Waals surface area contributed by atoms with Crippen molar-refractivity contribution in [3.8, 4) is 0 Å². The second-order valence-corrected chi connectivity index (χ2v) is 7.16. The lowest BCUT2D eigenvalue weighted by molar-refractivity contribution is 0.0933. The van der Waals surface area contributed by atoms with Gasteiger partial charge in [-0.3, -0.25) is 9.69 Å². The number of carbonyl (C=O) groups is 1. The fraction of sp³-hybridized carbons (Fsp3) is 0.588. The lowest BCUT2D eigenvalue weighted by Gasteiger charge is -2.29. The average molecular weight is 353 g/mol. The Balaban J connectivity index is 1.90. The number of nitrogens with zero attached hydrogens (tertiary/aromatic N) is 1. The minimum absolute atomic E-state index is 0.0236. The molecular weight excluding hydrogens is 328 g/mol. The molecule has 1 aromatic rings. The molecule has 1 aromatic carbocycles. The van der Waals surface area contributed by atoms with Crippen LogP contribution in [0.4, 0.5) is 0 Å². The van der Waals surface area contributed by atoms with Gasteiger partial charge in [-0.1, -0.05) is 29.8 Å². The Bertz CT molecular complexity index is 452. The van der Waals surface area contributed by atoms with E-state index >= 15 is 0 Å². The van der Waals surface area contributed by atoms with E-state index in [4.69, 9.17) is 0 Å². The van der Waals surface area contributed by atoms with Crippen molar-refractivity contribution < 1.29 is 4.79 Å². The number of hydrogen-bond acceptors (Lipinski definition) is 2. The van der Waals surface area contributed by atoms with Crippen molar-refractivity contribution in [3.63, 3.8) is 0 Å². The van der Waals surface area contributed by atoms with Gasteiger partial charge in [-0.25, -0.2) is 0 Å². The molecule has 116 valence electrons. The van der Waals surface area contributed by atoms with E-state index in [1.807, 2.05) is 24.3 Å². The zero-order valence-corrected chi connectivity index (χ0v) is 14.5. The van der Waals surface area contributed by atoms with Gasteiger partial charge in [-0.2, -0.15) is 0 Å². The summed E-state index contributed by atoms with van der Waals surface area (Å²) in [5.74, 6) is 0.677. The Morgan fingerprint density at radius 3 is 2.43 bits per heavy atom. The van der Waals surface area contributed by atoms with Crippen LogP contribution in [0.2, 0.25) is 0 Å². The van der Waals surface area contributed by atoms with Crippen molar-refractivity contribution >= 4 is 21.8 Å². The highest BCUT2D eigenvalue weighted by Crippen LogP contribution is 2.17. The van der Waals surface area contributed by atoms with Gasteiger partial charge < -0.3 is 5.32 Å². The number of carbonyl (C=O) groups excluding carboxylic acids is 1. The summed E-state index contributed by atoms with van der Waals surface area (Å²) in [6.07, 6.45) is 3.71. The van der Waals surface area contributed by atoms with Gasteiger partial charge in [0.2, 0.25) is 0 Å². The van der Waals surface area contributed by atoms with Gasteiger partial charge in [0.1, 0.15) is 0 Å². The van der Waals surface area contributed by atoms with Crippen LogP contribution in [-0.2, 0) is 0 Å². The summed E-state index contributed by atoms with van der Waals surface area (Å²) in [5.41, 5.74) is 0.725. The molecule has 4 heteroatoms. The molecular formula is C17H25BrN2O. The molecule has 1 unspecified atom stereocenters. The summed E-state index contributed by atoms with van der Waals surface area (Å²) < 4.78 is 0.994. The lowest BCUT2D eigenvalue weighted by atomic mass is 10.0. The van der Waals surface area contributed by atoms with Crippen LogP contribution >= 0.6 is 15.9 Å². The number of hydrogen-bond donors (Lipinski definition) is 1. The molecule has 2 rings (SSSR count). The van der Waals surface area contributed by atoms with Crippen molar-refractivity contribution in [1.29, 1.82) is 0 Å². The maximum Gasteiger partial charge on any atom is 0.251 e. The van der Waals surface area contributed by atoms with Crippen molar-refractivity contribution in [2.24, 2.45) is 5.92 Å². The van der Waals surface area contributed by atoms with Gasteiger partial charge in [0, 0.05) is 22.6 Å². The van der Waals surface area contributed by atoms with Crippen molar-refractivity contribution in [3.05, 3.63) is 34.3 Å². The number of amides is 1. The largest absolute Gasteiger partial charge is 0.350 e. The molecule has 1 amide bonds. The van der Waals surface area contributed by atoms with Crippen molar-refractivity contribution in [2.75, 3.05) is 19.6 Å². The molecule has 1 N–H and O–H groups in total. The number of benzene rings is 1. The lowest BCUT2D eigenvalue weighted by Crippen LogP contribution is -2.43. The Hall–Kier alpha value is -0.870. The number of likely N-dealkylation sites (tertiary alicyclic amines) is 1. The predicted molar refractivity (Wildman–Crippen MR) is 90.5 cm³/mol. The highest BCUT2D eigenvalue weighted by molar-refractivity contribution is 9.10. The third kappa shape index (κ3) is 5.11. The summed E-state index contributed by atoms with van der Waals surface area (Å²) in [7, 11) is 0. The molecule has 1 fully saturated rings. The third-order valence-corrected chi connectivity index (χ3v) is 4.53. The summed E-state index contributed by atoms with van der Waals surface area (Å²) >= 11 is 3.39. The van der Waals surface area contributed by atoms with E-state index in [-0.39, 0.29) is 5.91 Å². The minimum Gasteiger partial charge on any atom is -0.350 e. The van der Waals surface area contributed by atoms with E-state index in [1.54, 1.807) is 0 Å². The van der Waals surface area contributed by atoms with Crippen LogP contribution in [0.3, 0.4) is 0 Å². The molecule has 1 aliphatic heterocycles. The predicted octanol–water partition coefficient (Wildman–Crippen LogP) is 3.69. The molecule has 1 aliphatic rings. The van der Waals surface area contributed by atoms with Crippen LogP contribution in [0, 0.1) is 5.92 Å². The fourth-order valence-electron chi connectivity index (χ4n) is 2.93. The average Bonchev–Trinajstić information content (AvgIpc) is 2.97. The van der Waals surface area contributed by atoms with Gasteiger partial charge >= 0.3 is 0 Å². The molecule has 21 heavy (non-hydrogen) atoms. The van der Waals surface area contributed by atoms with E-state index in [9.17, 15) is 4.79 Å². The monoisotopic (exact) mass is 352 g/mol. The Labute approximate surface area is 136 Å². The van der Waals surface area contributed by atoms with Crippen LogP contribution in [0.5, 0.6) is 0 Å². The topological polar surface area (TPSA) is 32.3 Å². The molecule has 1 heterocycles. The highest BCUT2D eigenvalue weighted by Gasteiger charge is 2.23. The Morgan fingerprint density at radius 2 is 1.86 bits per heavy atom. The van der Waals surface area contributed by atoms with Crippen LogP contribution in [-0.4, -0.2) is 36.5 Å². The molecule has 0 aromatic heterocycles. The molecule has 0 radical (unpaired) electrons. The molecule has 0 bridgehead atoms. The van der Waals surface area contributed by atoms with Gasteiger partial charge in [0.15, 0.2) is 0 Å². The van der Waals surface area contributed by atoms with E-state index < -0.39 is 0 Å².